The molecule has 0 saturated carbocycles. The largest absolute Gasteiger partial charge is 0.490 e. The number of anilines is 1. The molecule has 1 aliphatic rings. The molecule has 10 heteroatoms. The first-order valence-electron chi connectivity index (χ1n) is 11.8. The number of amides is 1. The fourth-order valence-corrected chi connectivity index (χ4v) is 4.24. The van der Waals surface area contributed by atoms with E-state index in [1.807, 2.05) is 13.8 Å². The lowest BCUT2D eigenvalue weighted by Crippen LogP contribution is -2.27. The molecule has 0 unspecified atom stereocenters. The Kier molecular flexibility index (Phi) is 7.18. The van der Waals surface area contributed by atoms with Gasteiger partial charge in [-0.1, -0.05) is 13.3 Å². The number of aromatic nitrogens is 4. The summed E-state index contributed by atoms with van der Waals surface area (Å²) in [5, 5.41) is 7.13. The third-order valence-corrected chi connectivity index (χ3v) is 6.07. The molecule has 0 saturated heterocycles. The van der Waals surface area contributed by atoms with Gasteiger partial charge in [-0.25, -0.2) is 14.2 Å². The van der Waals surface area contributed by atoms with Gasteiger partial charge < -0.3 is 14.8 Å². The van der Waals surface area contributed by atoms with Crippen molar-refractivity contribution in [2.75, 3.05) is 12.4 Å². The van der Waals surface area contributed by atoms with Crippen LogP contribution in [0, 0.1) is 12.7 Å². The Morgan fingerprint density at radius 2 is 2.11 bits per heavy atom. The van der Waals surface area contributed by atoms with Crippen molar-refractivity contribution in [3.05, 3.63) is 57.6 Å². The molecular weight excluding hydrogens is 453 g/mol. The van der Waals surface area contributed by atoms with Gasteiger partial charge in [0.05, 0.1) is 18.8 Å². The molecule has 3 aromatic rings. The van der Waals surface area contributed by atoms with Crippen LogP contribution in [0.4, 0.5) is 10.1 Å². The maximum atomic E-state index is 15.4. The highest BCUT2D eigenvalue weighted by atomic mass is 19.1. The number of benzene rings is 1. The second kappa shape index (κ2) is 10.3. The molecule has 3 heterocycles. The van der Waals surface area contributed by atoms with Gasteiger partial charge in [0.1, 0.15) is 28.8 Å². The molecule has 1 atom stereocenters. The number of carbonyl (C=O) groups is 1. The van der Waals surface area contributed by atoms with Crippen molar-refractivity contribution < 1.29 is 18.7 Å². The number of pyridine rings is 1. The maximum absolute atomic E-state index is 15.4. The van der Waals surface area contributed by atoms with Gasteiger partial charge in [0.25, 0.3) is 5.91 Å². The van der Waals surface area contributed by atoms with Crippen LogP contribution < -0.4 is 20.5 Å². The van der Waals surface area contributed by atoms with Crippen LogP contribution in [0.2, 0.25) is 0 Å². The van der Waals surface area contributed by atoms with Crippen molar-refractivity contribution in [2.24, 2.45) is 0 Å². The number of methoxy groups -OCH3 is 1. The summed E-state index contributed by atoms with van der Waals surface area (Å²) < 4.78 is 29.3. The molecule has 0 fully saturated rings. The molecule has 0 spiro atoms. The average molecular weight is 484 g/mol. The summed E-state index contributed by atoms with van der Waals surface area (Å²) in [6.45, 7) is 6.26. The summed E-state index contributed by atoms with van der Waals surface area (Å²) in [7, 11) is 1.45. The highest BCUT2D eigenvalue weighted by Crippen LogP contribution is 2.30. The topological polar surface area (TPSA) is 100 Å². The number of nitrogens with one attached hydrogen (secondary N) is 1. The van der Waals surface area contributed by atoms with E-state index >= 15 is 4.39 Å². The van der Waals surface area contributed by atoms with Gasteiger partial charge >= 0.3 is 5.69 Å². The van der Waals surface area contributed by atoms with Gasteiger partial charge in [-0.15, -0.1) is 5.10 Å². The van der Waals surface area contributed by atoms with Gasteiger partial charge in [-0.3, -0.25) is 9.36 Å². The van der Waals surface area contributed by atoms with E-state index in [1.165, 1.54) is 13.2 Å². The number of hydrogen-bond donors (Lipinski definition) is 1. The first-order chi connectivity index (χ1) is 16.8. The Morgan fingerprint density at radius 3 is 2.83 bits per heavy atom. The van der Waals surface area contributed by atoms with E-state index < -0.39 is 17.4 Å². The maximum Gasteiger partial charge on any atom is 0.350 e. The summed E-state index contributed by atoms with van der Waals surface area (Å²) in [6, 6.07) is 4.20. The number of ether oxygens (including phenoxy) is 2. The van der Waals surface area contributed by atoms with Crippen LogP contribution in [0.15, 0.2) is 29.2 Å². The highest BCUT2D eigenvalue weighted by molar-refractivity contribution is 6.07. The van der Waals surface area contributed by atoms with Gasteiger partial charge in [0.15, 0.2) is 0 Å². The van der Waals surface area contributed by atoms with Crippen molar-refractivity contribution in [3.8, 4) is 17.3 Å². The Labute approximate surface area is 202 Å². The molecule has 0 radical (unpaired) electrons. The summed E-state index contributed by atoms with van der Waals surface area (Å²) in [5.74, 6) is -0.299. The van der Waals surface area contributed by atoms with Crippen LogP contribution in [0.5, 0.6) is 11.6 Å². The smallest absolute Gasteiger partial charge is 0.350 e. The number of rotatable bonds is 8. The Bertz CT molecular complexity index is 1300. The Morgan fingerprint density at radius 1 is 1.31 bits per heavy atom. The molecule has 1 aromatic carbocycles. The minimum Gasteiger partial charge on any atom is -0.490 e. The first kappa shape index (κ1) is 24.4. The lowest BCUT2D eigenvalue weighted by atomic mass is 10.1. The van der Waals surface area contributed by atoms with Gasteiger partial charge in [-0.2, -0.15) is 4.68 Å². The average Bonchev–Trinajstić information content (AvgIpc) is 3.17. The van der Waals surface area contributed by atoms with Crippen molar-refractivity contribution >= 4 is 11.6 Å². The molecule has 2 aromatic heterocycles. The number of halogens is 1. The van der Waals surface area contributed by atoms with Gasteiger partial charge in [0.2, 0.25) is 5.88 Å². The number of fused-ring (bicyclic) bond motifs is 1. The lowest BCUT2D eigenvalue weighted by molar-refractivity contribution is 0.101. The number of nitrogens with zero attached hydrogens (tertiary/aromatic N) is 4. The fraction of sp³-hybridized carbons (Fsp3) is 0.440. The molecule has 1 aliphatic heterocycles. The summed E-state index contributed by atoms with van der Waals surface area (Å²) in [5.41, 5.74) is 0.659. The van der Waals surface area contributed by atoms with Crippen LogP contribution in [-0.4, -0.2) is 38.5 Å². The molecule has 9 nitrogen and oxygen atoms in total. The second-order valence-electron chi connectivity index (χ2n) is 8.70. The molecule has 1 N–H and O–H groups in total. The van der Waals surface area contributed by atoms with Crippen LogP contribution in [0.3, 0.4) is 0 Å². The molecule has 0 aliphatic carbocycles. The van der Waals surface area contributed by atoms with Crippen molar-refractivity contribution in [3.63, 3.8) is 0 Å². The number of hydrogen-bond acceptors (Lipinski definition) is 6. The van der Waals surface area contributed by atoms with E-state index in [1.54, 1.807) is 23.8 Å². The predicted octanol–water partition coefficient (Wildman–Crippen LogP) is 4.04. The van der Waals surface area contributed by atoms with Crippen LogP contribution in [0.1, 0.15) is 61.3 Å². The Balaban J connectivity index is 1.78. The van der Waals surface area contributed by atoms with Crippen LogP contribution in [-0.2, 0) is 13.0 Å². The zero-order valence-electron chi connectivity index (χ0n) is 20.4. The van der Waals surface area contributed by atoms with Crippen LogP contribution in [0.25, 0.3) is 5.69 Å². The van der Waals surface area contributed by atoms with E-state index in [-0.39, 0.29) is 29.0 Å². The van der Waals surface area contributed by atoms with Gasteiger partial charge in [-0.05, 0) is 50.8 Å². The van der Waals surface area contributed by atoms with Crippen molar-refractivity contribution in [1.82, 2.24) is 19.3 Å². The molecular formula is C25H30FN5O4. The molecule has 35 heavy (non-hydrogen) atoms. The van der Waals surface area contributed by atoms with E-state index in [0.717, 1.165) is 42.0 Å². The SMILES string of the molecule is CCC[C@H](C)Oc1cc(-n2nc3n(c2=O)CCCC3)c(F)cc1C(=O)Nc1c(C)ccnc1OC. The van der Waals surface area contributed by atoms with Crippen molar-refractivity contribution in [2.45, 2.75) is 65.5 Å². The Hall–Kier alpha value is -3.69. The highest BCUT2D eigenvalue weighted by Gasteiger charge is 2.25. The minimum absolute atomic E-state index is 0.00321. The zero-order chi connectivity index (χ0) is 25.1. The third kappa shape index (κ3) is 4.91. The summed E-state index contributed by atoms with van der Waals surface area (Å²) in [6.07, 6.45) is 5.41. The van der Waals surface area contributed by atoms with E-state index in [9.17, 15) is 9.59 Å². The van der Waals surface area contributed by atoms with Crippen LogP contribution >= 0.6 is 0 Å². The monoisotopic (exact) mass is 483 g/mol. The van der Waals surface area contributed by atoms with Gasteiger partial charge in [0, 0.05) is 25.2 Å². The molecule has 186 valence electrons. The molecule has 1 amide bonds. The quantitative estimate of drug-likeness (QED) is 0.519. The fourth-order valence-electron chi connectivity index (χ4n) is 4.24. The number of carbonyl (C=O) groups excluding carboxylic acids is 1. The lowest BCUT2D eigenvalue weighted by Gasteiger charge is -2.19. The first-order valence-corrected chi connectivity index (χ1v) is 11.8. The third-order valence-electron chi connectivity index (χ3n) is 6.07. The van der Waals surface area contributed by atoms with Crippen molar-refractivity contribution in [1.29, 1.82) is 0 Å². The number of aryl methyl sites for hydroxylation is 2. The summed E-state index contributed by atoms with van der Waals surface area (Å²) in [4.78, 5) is 30.3. The standard InChI is InChI=1S/C25H30FN5O4/c1-5-8-16(3)35-20-14-19(31-25(33)30-12-7-6-9-21(30)29-31)18(26)13-17(20)23(32)28-22-15(2)10-11-27-24(22)34-4/h10-11,13-14,16H,5-9,12H2,1-4H3,(H,28,32)/t16-/m0/s1. The van der Waals surface area contributed by atoms with E-state index in [0.29, 0.717) is 24.5 Å². The van der Waals surface area contributed by atoms with E-state index in [4.69, 9.17) is 9.47 Å². The van der Waals surface area contributed by atoms with E-state index in [2.05, 4.69) is 15.4 Å². The minimum atomic E-state index is -0.752. The predicted molar refractivity (Wildman–Crippen MR) is 129 cm³/mol. The molecule has 0 bridgehead atoms. The summed E-state index contributed by atoms with van der Waals surface area (Å²) >= 11 is 0. The molecule has 4 rings (SSSR count). The second-order valence-corrected chi connectivity index (χ2v) is 8.70. The zero-order valence-corrected chi connectivity index (χ0v) is 20.4. The normalized spacial score (nSPS) is 13.7.